The zero-order chi connectivity index (χ0) is 69.8. The summed E-state index contributed by atoms with van der Waals surface area (Å²) in [7, 11) is 0. The molecule has 0 saturated carbocycles. The number of hydrogen-bond acceptors (Lipinski definition) is 4. The lowest BCUT2D eigenvalue weighted by Crippen LogP contribution is -2.13. The monoisotopic (exact) mass is 1360 g/mol. The molecule has 0 amide bonds. The molecule has 0 bridgehead atoms. The second-order valence-corrected chi connectivity index (χ2v) is 28.9. The highest BCUT2D eigenvalue weighted by Gasteiger charge is 2.27. The summed E-state index contributed by atoms with van der Waals surface area (Å²) in [6.45, 7) is 0. The van der Waals surface area contributed by atoms with Gasteiger partial charge in [-0.15, -0.1) is 11.3 Å². The van der Waals surface area contributed by atoms with Crippen LogP contribution in [0.25, 0.3) is 174 Å². The molecule has 4 heteroatoms. The number of hydrogen-bond donors (Lipinski definition) is 0. The second-order valence-electron chi connectivity index (χ2n) is 27.8. The largest absolute Gasteiger partial charge is 0.456 e. The zero-order valence-electron chi connectivity index (χ0n) is 57.7. The van der Waals surface area contributed by atoms with E-state index in [1.165, 1.54) is 101 Å². The fraction of sp³-hybridized carbons (Fsp3) is 0. The van der Waals surface area contributed by atoms with E-state index in [0.29, 0.717) is 0 Å². The lowest BCUT2D eigenvalue weighted by atomic mass is 9.90. The van der Waals surface area contributed by atoms with Gasteiger partial charge >= 0.3 is 0 Å². The summed E-state index contributed by atoms with van der Waals surface area (Å²) in [5.74, 6) is 0. The minimum Gasteiger partial charge on any atom is -0.456 e. The van der Waals surface area contributed by atoms with E-state index in [-0.39, 0.29) is 0 Å². The molecule has 0 radical (unpaired) electrons. The molecule has 106 heavy (non-hydrogen) atoms. The van der Waals surface area contributed by atoms with Crippen LogP contribution in [0.1, 0.15) is 0 Å². The van der Waals surface area contributed by atoms with Crippen LogP contribution in [0.3, 0.4) is 0 Å². The van der Waals surface area contributed by atoms with Gasteiger partial charge in [0.15, 0.2) is 0 Å². The Morgan fingerprint density at radius 2 is 0.594 bits per heavy atom. The highest BCUT2D eigenvalue weighted by molar-refractivity contribution is 7.25. The molecule has 19 aromatic carbocycles. The van der Waals surface area contributed by atoms with Gasteiger partial charge in [-0.2, -0.15) is 0 Å². The summed E-state index contributed by atoms with van der Waals surface area (Å²) in [5.41, 5.74) is 21.6. The van der Waals surface area contributed by atoms with Crippen molar-refractivity contribution < 1.29 is 4.42 Å². The number of fused-ring (bicyclic) bond motifs is 14. The number of furan rings is 1. The van der Waals surface area contributed by atoms with Crippen molar-refractivity contribution in [2.45, 2.75) is 0 Å². The Morgan fingerprint density at radius 3 is 1.24 bits per heavy atom. The van der Waals surface area contributed by atoms with E-state index in [9.17, 15) is 0 Å². The first-order valence-corrected chi connectivity index (χ1v) is 37.2. The van der Waals surface area contributed by atoms with Crippen molar-refractivity contribution >= 4 is 152 Å². The molecule has 2 aromatic heterocycles. The van der Waals surface area contributed by atoms with Crippen molar-refractivity contribution in [2.75, 3.05) is 9.80 Å². The maximum Gasteiger partial charge on any atom is 0.136 e. The predicted octanol–water partition coefficient (Wildman–Crippen LogP) is 29.8. The number of rotatable bonds is 12. The molecule has 21 rings (SSSR count). The SMILES string of the molecule is c1cc(-c2cc3ccccc3c3ccccc23)cc(N(c2ccc(-c3ccc4c(c3)oc3cc(-c5cccc(-c6cccc7ccccc67)c5N(c5cccc(-c6cc7ccccc7c7ccccc67)c5)c5ccc6c(c5)sc5ccccc56)ccc34)cc2)c2ccccc2-c2cccc3ccccc23)c1. The Labute approximate surface area is 617 Å². The van der Waals surface area contributed by atoms with Crippen LogP contribution in [0.15, 0.2) is 393 Å². The van der Waals surface area contributed by atoms with Crippen LogP contribution in [0.2, 0.25) is 0 Å². The molecule has 0 aliphatic rings. The maximum absolute atomic E-state index is 7.17. The van der Waals surface area contributed by atoms with Crippen molar-refractivity contribution in [3.05, 3.63) is 388 Å². The smallest absolute Gasteiger partial charge is 0.136 e. The Hall–Kier alpha value is -13.6. The number of benzene rings is 19. The third-order valence-electron chi connectivity index (χ3n) is 21.8. The molecule has 0 fully saturated rings. The first-order chi connectivity index (χ1) is 52.5. The van der Waals surface area contributed by atoms with E-state index in [2.05, 4.69) is 398 Å². The molecule has 2 heterocycles. The van der Waals surface area contributed by atoms with Gasteiger partial charge in [-0.1, -0.05) is 291 Å². The van der Waals surface area contributed by atoms with E-state index >= 15 is 0 Å². The van der Waals surface area contributed by atoms with Gasteiger partial charge in [0, 0.05) is 70.4 Å². The molecule has 3 nitrogen and oxygen atoms in total. The van der Waals surface area contributed by atoms with Gasteiger partial charge in [-0.3, -0.25) is 0 Å². The van der Waals surface area contributed by atoms with Gasteiger partial charge in [0.2, 0.25) is 0 Å². The first kappa shape index (κ1) is 61.1. The lowest BCUT2D eigenvalue weighted by Gasteiger charge is -2.31. The molecule has 21 aromatic rings. The van der Waals surface area contributed by atoms with Gasteiger partial charge in [-0.25, -0.2) is 0 Å². The van der Waals surface area contributed by atoms with Gasteiger partial charge in [0.25, 0.3) is 0 Å². The molecule has 494 valence electrons. The molecule has 0 atom stereocenters. The summed E-state index contributed by atoms with van der Waals surface area (Å²) >= 11 is 1.85. The molecule has 0 saturated heterocycles. The standard InChI is InChI=1S/C102H64N2OS/c1-5-32-78-66(22-1)26-19-43-85(78)89-40-13-15-46-97(89)103(75-30-17-28-69(58-75)95-60-71-24-3-7-34-80(71)83-36-9-11-38-87(83)95)74-52-48-65(49-53-74)68-50-55-90-91-56-51-73(63-99(91)105-98(90)62-68)82-42-21-45-94(86-44-20-27-67-23-2-6-33-79(67)86)102(82)104(77-54-57-93-92-41-14-16-47-100(92)106-101(93)64-77)76-31-18-29-70(59-76)96-61-72-25-4-8-35-81(72)84-37-10-12-39-88(84)96/h1-64H. The zero-order valence-corrected chi connectivity index (χ0v) is 58.5. The minimum atomic E-state index is 0.823. The number of thiophene rings is 1. The topological polar surface area (TPSA) is 19.6 Å². The van der Waals surface area contributed by atoms with Crippen LogP contribution in [0.5, 0.6) is 0 Å². The predicted molar refractivity (Wildman–Crippen MR) is 454 cm³/mol. The summed E-state index contributed by atoms with van der Waals surface area (Å²) in [5, 5.41) is 19.3. The number of para-hydroxylation sites is 2. The van der Waals surface area contributed by atoms with Crippen LogP contribution < -0.4 is 9.80 Å². The Balaban J connectivity index is 0.703. The second kappa shape index (κ2) is 25.1. The van der Waals surface area contributed by atoms with E-state index < -0.39 is 0 Å². The molecule has 0 aliphatic carbocycles. The average Bonchev–Trinajstić information content (AvgIpc) is 1.30. The Kier molecular flexibility index (Phi) is 14.5. The normalized spacial score (nSPS) is 11.8. The van der Waals surface area contributed by atoms with E-state index in [0.717, 1.165) is 106 Å². The third-order valence-corrected chi connectivity index (χ3v) is 22.9. The van der Waals surface area contributed by atoms with Crippen LogP contribution in [-0.4, -0.2) is 0 Å². The van der Waals surface area contributed by atoms with Gasteiger partial charge in [0.1, 0.15) is 11.2 Å². The van der Waals surface area contributed by atoms with Gasteiger partial charge in [-0.05, 0) is 212 Å². The number of nitrogens with zero attached hydrogens (tertiary/aromatic N) is 2. The van der Waals surface area contributed by atoms with Crippen LogP contribution in [-0.2, 0) is 0 Å². The average molecular weight is 1370 g/mol. The number of anilines is 6. The molecular formula is C102H64N2OS. The van der Waals surface area contributed by atoms with E-state index in [4.69, 9.17) is 4.42 Å². The highest BCUT2D eigenvalue weighted by Crippen LogP contribution is 2.52. The van der Waals surface area contributed by atoms with Crippen molar-refractivity contribution in [1.82, 2.24) is 0 Å². The Morgan fingerprint density at radius 1 is 0.189 bits per heavy atom. The molecule has 0 N–H and O–H groups in total. The molecular weight excluding hydrogens is 1300 g/mol. The van der Waals surface area contributed by atoms with Crippen molar-refractivity contribution in [3.63, 3.8) is 0 Å². The van der Waals surface area contributed by atoms with Crippen molar-refractivity contribution in [1.29, 1.82) is 0 Å². The third kappa shape index (κ3) is 10.2. The summed E-state index contributed by atoms with van der Waals surface area (Å²) < 4.78 is 9.67. The van der Waals surface area contributed by atoms with Crippen LogP contribution in [0.4, 0.5) is 34.1 Å². The fourth-order valence-corrected chi connectivity index (χ4v) is 18.0. The summed E-state index contributed by atoms with van der Waals surface area (Å²) in [4.78, 5) is 4.96. The molecule has 0 spiro atoms. The lowest BCUT2D eigenvalue weighted by molar-refractivity contribution is 0.669. The van der Waals surface area contributed by atoms with Crippen molar-refractivity contribution in [3.8, 4) is 66.8 Å². The van der Waals surface area contributed by atoms with E-state index in [1.54, 1.807) is 0 Å². The maximum atomic E-state index is 7.17. The molecule has 0 unspecified atom stereocenters. The van der Waals surface area contributed by atoms with Crippen LogP contribution in [0, 0.1) is 0 Å². The minimum absolute atomic E-state index is 0.823. The quantitative estimate of drug-likeness (QED) is 0.114. The van der Waals surface area contributed by atoms with Crippen LogP contribution >= 0.6 is 11.3 Å². The van der Waals surface area contributed by atoms with Gasteiger partial charge in [0.05, 0.1) is 11.4 Å². The Bertz CT molecular complexity index is 7110. The van der Waals surface area contributed by atoms with E-state index in [1.807, 2.05) is 11.3 Å². The fourth-order valence-electron chi connectivity index (χ4n) is 16.9. The summed E-state index contributed by atoms with van der Waals surface area (Å²) in [6, 6.07) is 143. The van der Waals surface area contributed by atoms with Gasteiger partial charge < -0.3 is 14.2 Å². The molecule has 0 aliphatic heterocycles. The highest BCUT2D eigenvalue weighted by atomic mass is 32.1. The first-order valence-electron chi connectivity index (χ1n) is 36.3. The van der Waals surface area contributed by atoms with Crippen molar-refractivity contribution in [2.24, 2.45) is 0 Å². The summed E-state index contributed by atoms with van der Waals surface area (Å²) in [6.07, 6.45) is 0.